The zero-order chi connectivity index (χ0) is 24.2. The number of hydrogen-bond acceptors (Lipinski definition) is 2. The van der Waals surface area contributed by atoms with Gasteiger partial charge in [-0.15, -0.1) is 6.58 Å². The van der Waals surface area contributed by atoms with E-state index in [9.17, 15) is 30.7 Å². The molecule has 0 amide bonds. The van der Waals surface area contributed by atoms with Crippen LogP contribution >= 0.6 is 0 Å². The molecule has 0 saturated heterocycles. The first-order valence-corrected chi connectivity index (χ1v) is 10.2. The van der Waals surface area contributed by atoms with Crippen molar-refractivity contribution in [1.82, 2.24) is 0 Å². The highest BCUT2D eigenvalue weighted by molar-refractivity contribution is 5.66. The first-order chi connectivity index (χ1) is 15.6. The second-order valence-corrected chi connectivity index (χ2v) is 7.70. The van der Waals surface area contributed by atoms with Crippen LogP contribution in [-0.2, 0) is 0 Å². The lowest BCUT2D eigenvalue weighted by Crippen LogP contribution is -2.37. The Hall–Kier alpha value is -2.97. The lowest BCUT2D eigenvalue weighted by atomic mass is 9.81. The summed E-state index contributed by atoms with van der Waals surface area (Å²) in [6, 6.07) is 4.32. The van der Waals surface area contributed by atoms with Gasteiger partial charge in [0.2, 0.25) is 0 Å². The molecule has 0 heterocycles. The van der Waals surface area contributed by atoms with Crippen molar-refractivity contribution >= 4 is 0 Å². The van der Waals surface area contributed by atoms with Crippen molar-refractivity contribution in [3.8, 4) is 22.6 Å². The summed E-state index contributed by atoms with van der Waals surface area (Å²) in [4.78, 5) is 0. The van der Waals surface area contributed by atoms with E-state index in [-0.39, 0.29) is 36.0 Å². The van der Waals surface area contributed by atoms with E-state index in [2.05, 4.69) is 11.3 Å². The van der Waals surface area contributed by atoms with E-state index in [0.717, 1.165) is 24.3 Å². The molecule has 1 aliphatic carbocycles. The Labute approximate surface area is 186 Å². The van der Waals surface area contributed by atoms with Gasteiger partial charge >= 0.3 is 6.11 Å². The lowest BCUT2D eigenvalue weighted by Gasteiger charge is -2.32. The summed E-state index contributed by atoms with van der Waals surface area (Å²) < 4.78 is 106. The number of rotatable bonds is 8. The third kappa shape index (κ3) is 6.09. The smallest absolute Gasteiger partial charge is 0.400 e. The third-order valence-corrected chi connectivity index (χ3v) is 5.49. The minimum absolute atomic E-state index is 0.187. The van der Waals surface area contributed by atoms with E-state index in [1.807, 2.05) is 0 Å². The number of allylic oxidation sites excluding steroid dienone is 2. The molecule has 1 saturated carbocycles. The maximum absolute atomic E-state index is 14.6. The Bertz CT molecular complexity index is 989. The van der Waals surface area contributed by atoms with Crippen molar-refractivity contribution in [2.45, 2.75) is 38.2 Å². The van der Waals surface area contributed by atoms with E-state index in [0.29, 0.717) is 25.2 Å². The van der Waals surface area contributed by atoms with Gasteiger partial charge in [-0.05, 0) is 61.4 Å². The van der Waals surface area contributed by atoms with Crippen LogP contribution in [-0.4, -0.2) is 12.5 Å². The highest BCUT2D eigenvalue weighted by Crippen LogP contribution is 2.41. The fourth-order valence-electron chi connectivity index (χ4n) is 3.72. The van der Waals surface area contributed by atoms with Gasteiger partial charge in [0, 0.05) is 17.7 Å². The van der Waals surface area contributed by atoms with Gasteiger partial charge in [0.1, 0.15) is 11.6 Å². The molecule has 0 atom stereocenters. The maximum Gasteiger partial charge on any atom is 0.400 e. The molecule has 0 aromatic heterocycles. The average Bonchev–Trinajstić information content (AvgIpc) is 2.75. The molecule has 0 N–H and O–H groups in total. The second kappa shape index (κ2) is 10.3. The molecule has 0 spiro atoms. The summed E-state index contributed by atoms with van der Waals surface area (Å²) in [5, 5.41) is 0. The van der Waals surface area contributed by atoms with E-state index >= 15 is 0 Å². The van der Waals surface area contributed by atoms with Crippen molar-refractivity contribution in [3.05, 3.63) is 72.8 Å². The zero-order valence-electron chi connectivity index (χ0n) is 17.3. The number of ether oxygens (including phenoxy) is 2. The highest BCUT2D eigenvalue weighted by Gasteiger charge is 2.43. The fraction of sp³-hybridized carbons (Fsp3) is 0.333. The maximum atomic E-state index is 14.6. The first-order valence-electron chi connectivity index (χ1n) is 10.2. The predicted molar refractivity (Wildman–Crippen MR) is 109 cm³/mol. The van der Waals surface area contributed by atoms with E-state index in [1.54, 1.807) is 6.08 Å². The first kappa shape index (κ1) is 24.7. The number of hydrogen-bond donors (Lipinski definition) is 0. The summed E-state index contributed by atoms with van der Waals surface area (Å²) in [6.07, 6.45) is -2.32. The molecule has 0 aliphatic heterocycles. The second-order valence-electron chi connectivity index (χ2n) is 7.70. The van der Waals surface area contributed by atoms with Gasteiger partial charge < -0.3 is 9.47 Å². The van der Waals surface area contributed by atoms with Crippen LogP contribution in [0.5, 0.6) is 11.5 Å². The van der Waals surface area contributed by atoms with Crippen molar-refractivity contribution in [2.24, 2.45) is 11.8 Å². The van der Waals surface area contributed by atoms with Crippen LogP contribution in [0.2, 0.25) is 0 Å². The van der Waals surface area contributed by atoms with Crippen molar-refractivity contribution < 1.29 is 40.2 Å². The summed E-state index contributed by atoms with van der Waals surface area (Å²) in [7, 11) is 0. The largest absolute Gasteiger partial charge is 0.459 e. The molecule has 2 nitrogen and oxygen atoms in total. The molecule has 33 heavy (non-hydrogen) atoms. The lowest BCUT2D eigenvalue weighted by molar-refractivity contribution is -0.223. The molecular formula is C24H21F7O2. The van der Waals surface area contributed by atoms with Gasteiger partial charge in [-0.2, -0.15) is 8.78 Å². The van der Waals surface area contributed by atoms with Crippen LogP contribution in [0.4, 0.5) is 30.7 Å². The van der Waals surface area contributed by atoms with E-state index in [1.165, 1.54) is 0 Å². The van der Waals surface area contributed by atoms with Crippen LogP contribution in [0, 0.1) is 29.3 Å². The molecule has 0 radical (unpaired) electrons. The number of halogens is 7. The van der Waals surface area contributed by atoms with Gasteiger partial charge in [0.05, 0.1) is 12.2 Å². The van der Waals surface area contributed by atoms with Gasteiger partial charge in [0.15, 0.2) is 17.4 Å². The molecule has 2 aromatic rings. The van der Waals surface area contributed by atoms with Gasteiger partial charge in [-0.1, -0.05) is 6.08 Å². The van der Waals surface area contributed by atoms with Gasteiger partial charge in [-0.3, -0.25) is 0 Å². The molecule has 1 fully saturated rings. The molecule has 178 valence electrons. The number of alkyl halides is 4. The highest BCUT2D eigenvalue weighted by atomic mass is 19.3. The summed E-state index contributed by atoms with van der Waals surface area (Å²) in [6.45, 7) is 3.67. The van der Waals surface area contributed by atoms with E-state index in [4.69, 9.17) is 4.74 Å². The fourth-order valence-corrected chi connectivity index (χ4v) is 3.72. The quantitative estimate of drug-likeness (QED) is 0.220. The molecule has 0 unspecified atom stereocenters. The Morgan fingerprint density at radius 3 is 2.12 bits per heavy atom. The molecular weight excluding hydrogens is 453 g/mol. The molecule has 1 aliphatic rings. The topological polar surface area (TPSA) is 18.5 Å². The molecule has 2 aromatic carbocycles. The van der Waals surface area contributed by atoms with Crippen LogP contribution in [0.25, 0.3) is 11.1 Å². The Balaban J connectivity index is 1.76. The molecule has 0 bridgehead atoms. The van der Waals surface area contributed by atoms with Crippen LogP contribution in [0.15, 0.2) is 55.3 Å². The zero-order valence-corrected chi connectivity index (χ0v) is 17.3. The standard InChI is InChI=1S/C24H21F7O2/c1-2-14-3-5-16(6-4-14)24(30,31)33-17-7-8-18(19(25)13-17)15-11-20(26)23(21(27)12-15)32-10-9-22(28)29/h2,7-14,16,22H,1,3-6H2. The van der Waals surface area contributed by atoms with Gasteiger partial charge in [0.25, 0.3) is 6.43 Å². The van der Waals surface area contributed by atoms with Crippen molar-refractivity contribution in [1.29, 1.82) is 0 Å². The van der Waals surface area contributed by atoms with Crippen LogP contribution in [0.1, 0.15) is 25.7 Å². The Morgan fingerprint density at radius 2 is 1.58 bits per heavy atom. The Kier molecular flexibility index (Phi) is 7.71. The Morgan fingerprint density at radius 1 is 0.939 bits per heavy atom. The van der Waals surface area contributed by atoms with Gasteiger partial charge in [-0.25, -0.2) is 22.0 Å². The van der Waals surface area contributed by atoms with Crippen molar-refractivity contribution in [2.75, 3.05) is 0 Å². The molecule has 3 rings (SSSR count). The molecule has 9 heteroatoms. The summed E-state index contributed by atoms with van der Waals surface area (Å²) in [5.41, 5.74) is -0.515. The van der Waals surface area contributed by atoms with Crippen LogP contribution in [0.3, 0.4) is 0 Å². The normalized spacial score (nSPS) is 19.2. The third-order valence-electron chi connectivity index (χ3n) is 5.49. The van der Waals surface area contributed by atoms with Crippen molar-refractivity contribution in [3.63, 3.8) is 0 Å². The monoisotopic (exact) mass is 474 g/mol. The predicted octanol–water partition coefficient (Wildman–Crippen LogP) is 7.89. The minimum Gasteiger partial charge on any atom is -0.459 e. The SMILES string of the molecule is C=CC1CCC(C(F)(F)Oc2ccc(-c3cc(F)c(OC=CC(F)F)c(F)c3)c(F)c2)CC1. The number of benzene rings is 2. The van der Waals surface area contributed by atoms with Crippen LogP contribution < -0.4 is 9.47 Å². The summed E-state index contributed by atoms with van der Waals surface area (Å²) in [5.74, 6) is -5.76. The summed E-state index contributed by atoms with van der Waals surface area (Å²) >= 11 is 0. The minimum atomic E-state index is -3.51. The van der Waals surface area contributed by atoms with E-state index < -0.39 is 47.4 Å². The average molecular weight is 474 g/mol.